The Hall–Kier alpha value is -2.89. The number of rotatable bonds is 5. The first-order chi connectivity index (χ1) is 10.7. The van der Waals surface area contributed by atoms with E-state index in [0.29, 0.717) is 23.4 Å². The van der Waals surface area contributed by atoms with Crippen LogP contribution in [0.15, 0.2) is 53.4 Å². The molecule has 2 N–H and O–H groups in total. The summed E-state index contributed by atoms with van der Waals surface area (Å²) in [5, 5.41) is 0.550. The summed E-state index contributed by atoms with van der Waals surface area (Å²) in [4.78, 5) is 28.4. The first-order valence-electron chi connectivity index (χ1n) is 7.02. The molecule has 2 rings (SSSR count). The molecule has 0 fully saturated rings. The SMILES string of the molecule is CC=CC=CC(=O)NNc1nc2ccccc2c(=O)n1CC. The van der Waals surface area contributed by atoms with Crippen LogP contribution in [0.4, 0.5) is 5.95 Å². The molecule has 0 aliphatic carbocycles. The number of amides is 1. The predicted molar refractivity (Wildman–Crippen MR) is 87.4 cm³/mol. The number of carbonyl (C=O) groups excluding carboxylic acids is 1. The molecule has 6 heteroatoms. The number of nitrogens with one attached hydrogen (secondary N) is 2. The summed E-state index contributed by atoms with van der Waals surface area (Å²) >= 11 is 0. The first-order valence-corrected chi connectivity index (χ1v) is 7.02. The van der Waals surface area contributed by atoms with Gasteiger partial charge in [-0.2, -0.15) is 0 Å². The molecule has 0 atom stereocenters. The van der Waals surface area contributed by atoms with Gasteiger partial charge in [-0.25, -0.2) is 4.98 Å². The molecule has 0 spiro atoms. The van der Waals surface area contributed by atoms with Crippen molar-refractivity contribution in [2.24, 2.45) is 0 Å². The molecule has 0 saturated carbocycles. The Balaban J connectivity index is 2.27. The Labute approximate surface area is 128 Å². The van der Waals surface area contributed by atoms with E-state index in [9.17, 15) is 9.59 Å². The van der Waals surface area contributed by atoms with E-state index < -0.39 is 0 Å². The van der Waals surface area contributed by atoms with Crippen LogP contribution in [0, 0.1) is 0 Å². The molecular weight excluding hydrogens is 280 g/mol. The van der Waals surface area contributed by atoms with Gasteiger partial charge in [0, 0.05) is 12.6 Å². The largest absolute Gasteiger partial charge is 0.277 e. The fraction of sp³-hybridized carbons (Fsp3) is 0.188. The van der Waals surface area contributed by atoms with E-state index in [2.05, 4.69) is 15.8 Å². The highest BCUT2D eigenvalue weighted by Gasteiger charge is 2.09. The molecule has 0 aliphatic rings. The average molecular weight is 298 g/mol. The van der Waals surface area contributed by atoms with Crippen LogP contribution in [0.5, 0.6) is 0 Å². The molecule has 0 saturated heterocycles. The number of carbonyl (C=O) groups is 1. The van der Waals surface area contributed by atoms with E-state index >= 15 is 0 Å². The van der Waals surface area contributed by atoms with Crippen LogP contribution in [-0.2, 0) is 11.3 Å². The Kier molecular flexibility index (Phi) is 5.08. The zero-order chi connectivity index (χ0) is 15.9. The minimum absolute atomic E-state index is 0.144. The summed E-state index contributed by atoms with van der Waals surface area (Å²) in [5.41, 5.74) is 5.63. The molecule has 1 aromatic carbocycles. The van der Waals surface area contributed by atoms with Crippen LogP contribution in [0.25, 0.3) is 10.9 Å². The maximum atomic E-state index is 12.4. The third kappa shape index (κ3) is 3.41. The number of fused-ring (bicyclic) bond motifs is 1. The summed E-state index contributed by atoms with van der Waals surface area (Å²) in [6.45, 7) is 4.15. The summed E-state index contributed by atoms with van der Waals surface area (Å²) in [7, 11) is 0. The van der Waals surface area contributed by atoms with Crippen molar-refractivity contribution in [3.63, 3.8) is 0 Å². The number of benzene rings is 1. The van der Waals surface area contributed by atoms with Gasteiger partial charge in [-0.3, -0.25) is 25.0 Å². The molecule has 0 radical (unpaired) electrons. The molecule has 114 valence electrons. The number of allylic oxidation sites excluding steroid dienone is 3. The highest BCUT2D eigenvalue weighted by Crippen LogP contribution is 2.10. The zero-order valence-electron chi connectivity index (χ0n) is 12.5. The second kappa shape index (κ2) is 7.21. The van der Waals surface area contributed by atoms with Gasteiger partial charge in [-0.1, -0.05) is 30.4 Å². The summed E-state index contributed by atoms with van der Waals surface area (Å²) in [6, 6.07) is 7.11. The van der Waals surface area contributed by atoms with Crippen LogP contribution < -0.4 is 16.4 Å². The van der Waals surface area contributed by atoms with Crippen molar-refractivity contribution >= 4 is 22.8 Å². The predicted octanol–water partition coefficient (Wildman–Crippen LogP) is 1.99. The van der Waals surface area contributed by atoms with E-state index in [1.54, 1.807) is 30.4 Å². The van der Waals surface area contributed by atoms with Crippen molar-refractivity contribution in [2.75, 3.05) is 5.43 Å². The maximum Gasteiger partial charge on any atom is 0.262 e. The normalized spacial score (nSPS) is 11.4. The number of hydrazine groups is 1. The van der Waals surface area contributed by atoms with Crippen molar-refractivity contribution in [2.45, 2.75) is 20.4 Å². The number of anilines is 1. The van der Waals surface area contributed by atoms with Gasteiger partial charge < -0.3 is 0 Å². The number of hydrogen-bond donors (Lipinski definition) is 2. The Morgan fingerprint density at radius 2 is 2.09 bits per heavy atom. The van der Waals surface area contributed by atoms with E-state index in [1.807, 2.05) is 26.0 Å². The van der Waals surface area contributed by atoms with Crippen molar-refractivity contribution in [1.82, 2.24) is 15.0 Å². The maximum absolute atomic E-state index is 12.4. The molecule has 0 unspecified atom stereocenters. The third-order valence-electron chi connectivity index (χ3n) is 3.03. The van der Waals surface area contributed by atoms with Crippen LogP contribution in [0.2, 0.25) is 0 Å². The van der Waals surface area contributed by atoms with E-state index in [1.165, 1.54) is 10.6 Å². The number of hydrogen-bond acceptors (Lipinski definition) is 4. The molecule has 22 heavy (non-hydrogen) atoms. The lowest BCUT2D eigenvalue weighted by molar-refractivity contribution is -0.116. The van der Waals surface area contributed by atoms with Gasteiger partial charge in [-0.05, 0) is 26.0 Å². The smallest absolute Gasteiger partial charge is 0.262 e. The van der Waals surface area contributed by atoms with Gasteiger partial charge in [0.1, 0.15) is 0 Å². The van der Waals surface area contributed by atoms with E-state index in [-0.39, 0.29) is 11.5 Å². The highest BCUT2D eigenvalue weighted by molar-refractivity contribution is 5.88. The van der Waals surface area contributed by atoms with E-state index in [0.717, 1.165) is 0 Å². The van der Waals surface area contributed by atoms with Gasteiger partial charge in [0.15, 0.2) is 0 Å². The lowest BCUT2D eigenvalue weighted by Crippen LogP contribution is -2.33. The standard InChI is InChI=1S/C16H18N4O2/c1-3-5-6-11-14(21)18-19-16-17-13-10-8-7-9-12(13)15(22)20(16)4-2/h3,5-11H,4H2,1-2H3,(H,17,19)(H,18,21). The van der Waals surface area contributed by atoms with Gasteiger partial charge >= 0.3 is 0 Å². The number of aromatic nitrogens is 2. The van der Waals surface area contributed by atoms with Crippen molar-refractivity contribution < 1.29 is 4.79 Å². The van der Waals surface area contributed by atoms with Crippen molar-refractivity contribution in [1.29, 1.82) is 0 Å². The second-order valence-corrected chi connectivity index (χ2v) is 4.50. The molecule has 1 amide bonds. The van der Waals surface area contributed by atoms with Gasteiger partial charge in [0.2, 0.25) is 5.95 Å². The lowest BCUT2D eigenvalue weighted by Gasteiger charge is -2.13. The van der Waals surface area contributed by atoms with Crippen LogP contribution >= 0.6 is 0 Å². The van der Waals surface area contributed by atoms with Crippen LogP contribution in [0.1, 0.15) is 13.8 Å². The minimum Gasteiger partial charge on any atom is -0.277 e. The average Bonchev–Trinajstić information content (AvgIpc) is 2.53. The second-order valence-electron chi connectivity index (χ2n) is 4.50. The van der Waals surface area contributed by atoms with Gasteiger partial charge in [-0.15, -0.1) is 0 Å². The molecule has 2 aromatic rings. The monoisotopic (exact) mass is 298 g/mol. The minimum atomic E-state index is -0.330. The molecule has 1 aromatic heterocycles. The van der Waals surface area contributed by atoms with Gasteiger partial charge in [0.05, 0.1) is 10.9 Å². The molecule has 6 nitrogen and oxygen atoms in total. The summed E-state index contributed by atoms with van der Waals surface area (Å²) < 4.78 is 1.47. The van der Waals surface area contributed by atoms with Crippen LogP contribution in [-0.4, -0.2) is 15.5 Å². The number of para-hydroxylation sites is 1. The molecular formula is C16H18N4O2. The number of nitrogens with zero attached hydrogens (tertiary/aromatic N) is 2. The Bertz CT molecular complexity index is 790. The lowest BCUT2D eigenvalue weighted by atomic mass is 10.2. The van der Waals surface area contributed by atoms with Crippen molar-refractivity contribution in [3.8, 4) is 0 Å². The van der Waals surface area contributed by atoms with E-state index in [4.69, 9.17) is 0 Å². The topological polar surface area (TPSA) is 76.0 Å². The highest BCUT2D eigenvalue weighted by atomic mass is 16.2. The molecule has 1 heterocycles. The fourth-order valence-corrected chi connectivity index (χ4v) is 1.97. The first kappa shape index (κ1) is 15.5. The van der Waals surface area contributed by atoms with Crippen LogP contribution in [0.3, 0.4) is 0 Å². The molecule has 0 aliphatic heterocycles. The quantitative estimate of drug-likeness (QED) is 0.503. The third-order valence-corrected chi connectivity index (χ3v) is 3.03. The zero-order valence-corrected chi connectivity index (χ0v) is 12.5. The Morgan fingerprint density at radius 3 is 2.82 bits per heavy atom. The summed E-state index contributed by atoms with van der Waals surface area (Å²) in [5.74, 6) is -0.0258. The fourth-order valence-electron chi connectivity index (χ4n) is 1.97. The summed E-state index contributed by atoms with van der Waals surface area (Å²) in [6.07, 6.45) is 6.56. The molecule has 0 bridgehead atoms. The Morgan fingerprint density at radius 1 is 1.32 bits per heavy atom. The van der Waals surface area contributed by atoms with Crippen molar-refractivity contribution in [3.05, 3.63) is 58.9 Å². The van der Waals surface area contributed by atoms with Gasteiger partial charge in [0.25, 0.3) is 11.5 Å².